The van der Waals surface area contributed by atoms with E-state index in [1.54, 1.807) is 6.07 Å². The standard InChI is InChI=1S/C18H20N2O3/c1-3-4-10-15-11-12-16(17(19-15)22-2)20-18(21)23-13-14-8-6-5-7-9-14/h3,5-9,11-12H,1,4,10,13H2,2H3,(H,20,21). The lowest BCUT2D eigenvalue weighted by atomic mass is 10.2. The Labute approximate surface area is 136 Å². The maximum atomic E-state index is 11.9. The minimum atomic E-state index is -0.548. The maximum absolute atomic E-state index is 11.9. The van der Waals surface area contributed by atoms with E-state index in [-0.39, 0.29) is 6.61 Å². The first-order valence-electron chi connectivity index (χ1n) is 7.35. The number of hydrogen-bond donors (Lipinski definition) is 1. The van der Waals surface area contributed by atoms with E-state index in [2.05, 4.69) is 16.9 Å². The van der Waals surface area contributed by atoms with Crippen LogP contribution in [0.2, 0.25) is 0 Å². The van der Waals surface area contributed by atoms with E-state index in [4.69, 9.17) is 9.47 Å². The largest absolute Gasteiger partial charge is 0.480 e. The molecular formula is C18H20N2O3. The summed E-state index contributed by atoms with van der Waals surface area (Å²) in [6.45, 7) is 3.90. The Balaban J connectivity index is 1.95. The molecule has 1 aromatic heterocycles. The number of allylic oxidation sites excluding steroid dienone is 1. The van der Waals surface area contributed by atoms with Gasteiger partial charge >= 0.3 is 6.09 Å². The Bertz CT molecular complexity index is 657. The van der Waals surface area contributed by atoms with Gasteiger partial charge in [0, 0.05) is 5.69 Å². The molecule has 0 aliphatic rings. The summed E-state index contributed by atoms with van der Waals surface area (Å²) in [5.74, 6) is 0.364. The van der Waals surface area contributed by atoms with Crippen LogP contribution in [0, 0.1) is 0 Å². The number of carbonyl (C=O) groups is 1. The summed E-state index contributed by atoms with van der Waals surface area (Å²) in [7, 11) is 1.51. The molecule has 1 aromatic carbocycles. The van der Waals surface area contributed by atoms with Crippen LogP contribution in [0.4, 0.5) is 10.5 Å². The molecule has 1 amide bonds. The van der Waals surface area contributed by atoms with E-state index in [0.29, 0.717) is 11.6 Å². The number of nitrogens with zero attached hydrogens (tertiary/aromatic N) is 1. The molecule has 2 rings (SSSR count). The Morgan fingerprint density at radius 1 is 1.26 bits per heavy atom. The van der Waals surface area contributed by atoms with Crippen molar-refractivity contribution >= 4 is 11.8 Å². The molecule has 23 heavy (non-hydrogen) atoms. The van der Waals surface area contributed by atoms with Crippen molar-refractivity contribution < 1.29 is 14.3 Å². The Kier molecular flexibility index (Phi) is 6.17. The first kappa shape index (κ1) is 16.5. The highest BCUT2D eigenvalue weighted by molar-refractivity contribution is 5.86. The number of pyridine rings is 1. The van der Waals surface area contributed by atoms with Crippen LogP contribution < -0.4 is 10.1 Å². The zero-order valence-corrected chi connectivity index (χ0v) is 13.1. The molecule has 5 heteroatoms. The van der Waals surface area contributed by atoms with Gasteiger partial charge in [0.25, 0.3) is 0 Å². The zero-order valence-electron chi connectivity index (χ0n) is 13.1. The summed E-state index contributed by atoms with van der Waals surface area (Å²) in [4.78, 5) is 16.2. The second-order valence-corrected chi connectivity index (χ2v) is 4.87. The molecule has 0 aliphatic carbocycles. The number of rotatable bonds is 7. The minimum Gasteiger partial charge on any atom is -0.480 e. The van der Waals surface area contributed by atoms with Crippen molar-refractivity contribution in [3.05, 3.63) is 66.4 Å². The summed E-state index contributed by atoms with van der Waals surface area (Å²) < 4.78 is 10.4. The highest BCUT2D eigenvalue weighted by Gasteiger charge is 2.10. The van der Waals surface area contributed by atoms with Crippen LogP contribution in [-0.4, -0.2) is 18.2 Å². The maximum Gasteiger partial charge on any atom is 0.412 e. The third-order valence-corrected chi connectivity index (χ3v) is 3.17. The number of carbonyl (C=O) groups excluding carboxylic acids is 1. The molecule has 0 bridgehead atoms. The Hall–Kier alpha value is -2.82. The van der Waals surface area contributed by atoms with Gasteiger partial charge in [0.15, 0.2) is 0 Å². The predicted molar refractivity (Wildman–Crippen MR) is 89.6 cm³/mol. The molecular weight excluding hydrogens is 292 g/mol. The molecule has 1 N–H and O–H groups in total. The highest BCUT2D eigenvalue weighted by atomic mass is 16.5. The van der Waals surface area contributed by atoms with Crippen LogP contribution in [0.15, 0.2) is 55.1 Å². The van der Waals surface area contributed by atoms with Crippen LogP contribution in [0.1, 0.15) is 17.7 Å². The van der Waals surface area contributed by atoms with Gasteiger partial charge in [-0.15, -0.1) is 6.58 Å². The van der Waals surface area contributed by atoms with E-state index >= 15 is 0 Å². The van der Waals surface area contributed by atoms with E-state index in [0.717, 1.165) is 24.1 Å². The molecule has 2 aromatic rings. The molecule has 0 aliphatic heterocycles. The van der Waals surface area contributed by atoms with Crippen molar-refractivity contribution in [1.82, 2.24) is 4.98 Å². The quantitative estimate of drug-likeness (QED) is 0.786. The number of aromatic nitrogens is 1. The van der Waals surface area contributed by atoms with Crippen LogP contribution in [0.5, 0.6) is 5.88 Å². The van der Waals surface area contributed by atoms with Crippen LogP contribution in [0.3, 0.4) is 0 Å². The molecule has 5 nitrogen and oxygen atoms in total. The first-order chi connectivity index (χ1) is 11.2. The molecule has 0 fully saturated rings. The number of methoxy groups -OCH3 is 1. The van der Waals surface area contributed by atoms with Crippen molar-refractivity contribution in [2.45, 2.75) is 19.4 Å². The second kappa shape index (κ2) is 8.58. The van der Waals surface area contributed by atoms with E-state index in [1.807, 2.05) is 42.5 Å². The van der Waals surface area contributed by atoms with Gasteiger partial charge in [0.05, 0.1) is 7.11 Å². The van der Waals surface area contributed by atoms with Crippen molar-refractivity contribution in [3.8, 4) is 5.88 Å². The van der Waals surface area contributed by atoms with Gasteiger partial charge in [-0.25, -0.2) is 9.78 Å². The SMILES string of the molecule is C=CCCc1ccc(NC(=O)OCc2ccccc2)c(OC)n1. The summed E-state index contributed by atoms with van der Waals surface area (Å²) in [6.07, 6.45) is 2.90. The molecule has 0 saturated heterocycles. The molecule has 1 heterocycles. The Morgan fingerprint density at radius 2 is 2.04 bits per heavy atom. The van der Waals surface area contributed by atoms with Gasteiger partial charge < -0.3 is 9.47 Å². The summed E-state index contributed by atoms with van der Waals surface area (Å²) in [5.41, 5.74) is 2.28. The zero-order chi connectivity index (χ0) is 16.5. The molecule has 0 spiro atoms. The number of ether oxygens (including phenoxy) is 2. The lowest BCUT2D eigenvalue weighted by Crippen LogP contribution is -2.14. The molecule has 0 unspecified atom stereocenters. The lowest BCUT2D eigenvalue weighted by Gasteiger charge is -2.11. The molecule has 0 saturated carbocycles. The number of aryl methyl sites for hydroxylation is 1. The fourth-order valence-corrected chi connectivity index (χ4v) is 1.99. The van der Waals surface area contributed by atoms with Crippen molar-refractivity contribution in [2.24, 2.45) is 0 Å². The average molecular weight is 312 g/mol. The monoisotopic (exact) mass is 312 g/mol. The van der Waals surface area contributed by atoms with Gasteiger partial charge in [-0.3, -0.25) is 5.32 Å². The average Bonchev–Trinajstić information content (AvgIpc) is 2.60. The highest BCUT2D eigenvalue weighted by Crippen LogP contribution is 2.22. The number of anilines is 1. The fourth-order valence-electron chi connectivity index (χ4n) is 1.99. The number of amides is 1. The van der Waals surface area contributed by atoms with E-state index in [1.165, 1.54) is 7.11 Å². The molecule has 120 valence electrons. The first-order valence-corrected chi connectivity index (χ1v) is 7.35. The van der Waals surface area contributed by atoms with E-state index in [9.17, 15) is 4.79 Å². The smallest absolute Gasteiger partial charge is 0.412 e. The number of benzene rings is 1. The Morgan fingerprint density at radius 3 is 2.74 bits per heavy atom. The van der Waals surface area contributed by atoms with Gasteiger partial charge in [-0.05, 0) is 30.5 Å². The van der Waals surface area contributed by atoms with Gasteiger partial charge in [-0.2, -0.15) is 0 Å². The van der Waals surface area contributed by atoms with Crippen molar-refractivity contribution in [2.75, 3.05) is 12.4 Å². The molecule has 0 atom stereocenters. The number of hydrogen-bond acceptors (Lipinski definition) is 4. The van der Waals surface area contributed by atoms with Crippen LogP contribution in [-0.2, 0) is 17.8 Å². The number of nitrogens with one attached hydrogen (secondary N) is 1. The fraction of sp³-hybridized carbons (Fsp3) is 0.222. The van der Waals surface area contributed by atoms with Gasteiger partial charge in [-0.1, -0.05) is 36.4 Å². The van der Waals surface area contributed by atoms with Crippen LogP contribution in [0.25, 0.3) is 0 Å². The summed E-state index contributed by atoms with van der Waals surface area (Å²) in [5, 5.41) is 2.65. The topological polar surface area (TPSA) is 60.5 Å². The van der Waals surface area contributed by atoms with Crippen molar-refractivity contribution in [1.29, 1.82) is 0 Å². The molecule has 0 radical (unpaired) electrons. The predicted octanol–water partition coefficient (Wildman–Crippen LogP) is 3.96. The van der Waals surface area contributed by atoms with Gasteiger partial charge in [0.2, 0.25) is 5.88 Å². The lowest BCUT2D eigenvalue weighted by molar-refractivity contribution is 0.155. The summed E-state index contributed by atoms with van der Waals surface area (Å²) in [6, 6.07) is 13.1. The summed E-state index contributed by atoms with van der Waals surface area (Å²) >= 11 is 0. The second-order valence-electron chi connectivity index (χ2n) is 4.87. The van der Waals surface area contributed by atoms with Crippen LogP contribution >= 0.6 is 0 Å². The minimum absolute atomic E-state index is 0.208. The van der Waals surface area contributed by atoms with E-state index < -0.39 is 6.09 Å². The third kappa shape index (κ3) is 5.14. The van der Waals surface area contributed by atoms with Crippen molar-refractivity contribution in [3.63, 3.8) is 0 Å². The van der Waals surface area contributed by atoms with Gasteiger partial charge in [0.1, 0.15) is 12.3 Å². The normalized spacial score (nSPS) is 9.96. The third-order valence-electron chi connectivity index (χ3n) is 3.17.